The van der Waals surface area contributed by atoms with Crippen molar-refractivity contribution in [3.63, 3.8) is 0 Å². The average Bonchev–Trinajstić information content (AvgIpc) is 2.84. The third-order valence-electron chi connectivity index (χ3n) is 3.32. The van der Waals surface area contributed by atoms with Crippen molar-refractivity contribution in [1.82, 2.24) is 5.32 Å². The van der Waals surface area contributed by atoms with E-state index in [1.807, 2.05) is 25.1 Å². The summed E-state index contributed by atoms with van der Waals surface area (Å²) in [5.74, 6) is 1.64. The normalized spacial score (nSPS) is 18.8. The van der Waals surface area contributed by atoms with Crippen molar-refractivity contribution in [2.75, 3.05) is 19.8 Å². The van der Waals surface area contributed by atoms with Crippen LogP contribution < -0.4 is 14.8 Å². The summed E-state index contributed by atoms with van der Waals surface area (Å²) in [7, 11) is 0. The summed E-state index contributed by atoms with van der Waals surface area (Å²) in [6.45, 7) is 6.08. The van der Waals surface area contributed by atoms with Gasteiger partial charge in [-0.3, -0.25) is 0 Å². The predicted molar refractivity (Wildman–Crippen MR) is 74.8 cm³/mol. The van der Waals surface area contributed by atoms with Gasteiger partial charge in [0.15, 0.2) is 0 Å². The van der Waals surface area contributed by atoms with Crippen molar-refractivity contribution in [2.24, 2.45) is 0 Å². The number of nitrogens with one attached hydrogen (secondary N) is 1. The summed E-state index contributed by atoms with van der Waals surface area (Å²) in [4.78, 5) is 0. The number of rotatable bonds is 7. The second-order valence-electron chi connectivity index (χ2n) is 4.89. The highest BCUT2D eigenvalue weighted by Gasteiger charge is 2.23. The van der Waals surface area contributed by atoms with Gasteiger partial charge in [0.25, 0.3) is 0 Å². The van der Waals surface area contributed by atoms with Gasteiger partial charge in [0.1, 0.15) is 24.7 Å². The lowest BCUT2D eigenvalue weighted by atomic mass is 10.1. The monoisotopic (exact) mass is 265 g/mol. The van der Waals surface area contributed by atoms with Crippen LogP contribution in [-0.2, 0) is 0 Å². The minimum Gasteiger partial charge on any atom is -0.491 e. The predicted octanol–water partition coefficient (Wildman–Crippen LogP) is 2.27. The van der Waals surface area contributed by atoms with Gasteiger partial charge in [0.2, 0.25) is 0 Å². The SMILES string of the molecule is CCCNC1COc2cc(OCC(O)CC)ccc21. The van der Waals surface area contributed by atoms with Crippen LogP contribution in [0.2, 0.25) is 0 Å². The molecule has 0 amide bonds. The molecular formula is C15H23NO3. The molecule has 1 aromatic rings. The zero-order valence-corrected chi connectivity index (χ0v) is 11.7. The Morgan fingerprint density at radius 1 is 1.47 bits per heavy atom. The molecule has 4 nitrogen and oxygen atoms in total. The fourth-order valence-electron chi connectivity index (χ4n) is 2.08. The summed E-state index contributed by atoms with van der Waals surface area (Å²) < 4.78 is 11.2. The minimum absolute atomic E-state index is 0.283. The Balaban J connectivity index is 1.97. The van der Waals surface area contributed by atoms with Crippen LogP contribution in [0.15, 0.2) is 18.2 Å². The van der Waals surface area contributed by atoms with Crippen LogP contribution in [0.1, 0.15) is 38.3 Å². The Bertz CT molecular complexity index is 408. The maximum atomic E-state index is 9.49. The zero-order chi connectivity index (χ0) is 13.7. The highest BCUT2D eigenvalue weighted by molar-refractivity contribution is 5.45. The fraction of sp³-hybridized carbons (Fsp3) is 0.600. The van der Waals surface area contributed by atoms with Crippen LogP contribution in [0.5, 0.6) is 11.5 Å². The van der Waals surface area contributed by atoms with E-state index in [9.17, 15) is 5.11 Å². The van der Waals surface area contributed by atoms with Crippen LogP contribution in [0, 0.1) is 0 Å². The van der Waals surface area contributed by atoms with E-state index in [1.54, 1.807) is 0 Å². The fourth-order valence-corrected chi connectivity index (χ4v) is 2.08. The third-order valence-corrected chi connectivity index (χ3v) is 3.32. The molecule has 0 fully saturated rings. The smallest absolute Gasteiger partial charge is 0.127 e. The Labute approximate surface area is 114 Å². The number of hydrogen-bond acceptors (Lipinski definition) is 4. The molecule has 1 heterocycles. The molecule has 2 unspecified atom stereocenters. The van der Waals surface area contributed by atoms with Crippen LogP contribution in [0.25, 0.3) is 0 Å². The second-order valence-corrected chi connectivity index (χ2v) is 4.89. The number of ether oxygens (including phenoxy) is 2. The largest absolute Gasteiger partial charge is 0.491 e. The molecule has 19 heavy (non-hydrogen) atoms. The molecule has 2 atom stereocenters. The van der Waals surface area contributed by atoms with E-state index in [1.165, 1.54) is 5.56 Å². The van der Waals surface area contributed by atoms with Gasteiger partial charge in [-0.05, 0) is 31.5 Å². The molecule has 2 N–H and O–H groups in total. The number of hydrogen-bond donors (Lipinski definition) is 2. The molecule has 0 saturated carbocycles. The molecule has 2 rings (SSSR count). The van der Waals surface area contributed by atoms with E-state index in [2.05, 4.69) is 12.2 Å². The van der Waals surface area contributed by atoms with Crippen molar-refractivity contribution in [2.45, 2.75) is 38.8 Å². The molecule has 0 bridgehead atoms. The molecular weight excluding hydrogens is 242 g/mol. The Hall–Kier alpha value is -1.26. The van der Waals surface area contributed by atoms with Gasteiger partial charge in [-0.1, -0.05) is 13.8 Å². The molecule has 1 aromatic carbocycles. The maximum absolute atomic E-state index is 9.49. The van der Waals surface area contributed by atoms with Crippen LogP contribution in [-0.4, -0.2) is 31.0 Å². The van der Waals surface area contributed by atoms with Gasteiger partial charge in [-0.2, -0.15) is 0 Å². The van der Waals surface area contributed by atoms with Gasteiger partial charge < -0.3 is 19.9 Å². The maximum Gasteiger partial charge on any atom is 0.127 e. The first-order valence-corrected chi connectivity index (χ1v) is 7.05. The van der Waals surface area contributed by atoms with Crippen molar-refractivity contribution in [1.29, 1.82) is 0 Å². The van der Waals surface area contributed by atoms with Crippen molar-refractivity contribution < 1.29 is 14.6 Å². The highest BCUT2D eigenvalue weighted by atomic mass is 16.5. The van der Waals surface area contributed by atoms with Crippen molar-refractivity contribution in [3.8, 4) is 11.5 Å². The van der Waals surface area contributed by atoms with Gasteiger partial charge in [-0.25, -0.2) is 0 Å². The summed E-state index contributed by atoms with van der Waals surface area (Å²) in [6.07, 6.45) is 1.40. The summed E-state index contributed by atoms with van der Waals surface area (Å²) in [6, 6.07) is 6.18. The third kappa shape index (κ3) is 3.61. The van der Waals surface area contributed by atoms with E-state index >= 15 is 0 Å². The standard InChI is InChI=1S/C15H23NO3/c1-3-7-16-14-10-19-15-8-12(5-6-13(14)15)18-9-11(17)4-2/h5-6,8,11,14,16-17H,3-4,7,9-10H2,1-2H3. The molecule has 1 aliphatic heterocycles. The van der Waals surface area contributed by atoms with Crippen LogP contribution in [0.3, 0.4) is 0 Å². The first-order valence-electron chi connectivity index (χ1n) is 7.05. The Morgan fingerprint density at radius 3 is 3.05 bits per heavy atom. The van der Waals surface area contributed by atoms with E-state index in [0.29, 0.717) is 19.6 Å². The highest BCUT2D eigenvalue weighted by Crippen LogP contribution is 2.35. The van der Waals surface area contributed by atoms with Crippen LogP contribution in [0.4, 0.5) is 0 Å². The second kappa shape index (κ2) is 6.78. The first-order chi connectivity index (χ1) is 9.24. The molecule has 0 spiro atoms. The van der Waals surface area contributed by atoms with Gasteiger partial charge in [0, 0.05) is 11.6 Å². The lowest BCUT2D eigenvalue weighted by molar-refractivity contribution is 0.104. The number of aliphatic hydroxyl groups is 1. The van der Waals surface area contributed by atoms with E-state index in [-0.39, 0.29) is 6.04 Å². The van der Waals surface area contributed by atoms with Gasteiger partial charge >= 0.3 is 0 Å². The van der Waals surface area contributed by atoms with E-state index in [0.717, 1.165) is 24.5 Å². The molecule has 0 aliphatic carbocycles. The Morgan fingerprint density at radius 2 is 2.32 bits per heavy atom. The van der Waals surface area contributed by atoms with Crippen molar-refractivity contribution >= 4 is 0 Å². The Kier molecular flexibility index (Phi) is 5.05. The first kappa shape index (κ1) is 14.2. The van der Waals surface area contributed by atoms with Crippen LogP contribution >= 0.6 is 0 Å². The minimum atomic E-state index is -0.409. The molecule has 0 aromatic heterocycles. The molecule has 1 aliphatic rings. The average molecular weight is 265 g/mol. The van der Waals surface area contributed by atoms with Gasteiger partial charge in [-0.15, -0.1) is 0 Å². The zero-order valence-electron chi connectivity index (χ0n) is 11.7. The van der Waals surface area contributed by atoms with E-state index in [4.69, 9.17) is 9.47 Å². The topological polar surface area (TPSA) is 50.7 Å². The number of fused-ring (bicyclic) bond motifs is 1. The molecule has 106 valence electrons. The van der Waals surface area contributed by atoms with Crippen molar-refractivity contribution in [3.05, 3.63) is 23.8 Å². The summed E-state index contributed by atoms with van der Waals surface area (Å²) in [5.41, 5.74) is 1.19. The molecule has 0 radical (unpaired) electrons. The lowest BCUT2D eigenvalue weighted by Gasteiger charge is -2.12. The quantitative estimate of drug-likeness (QED) is 0.794. The lowest BCUT2D eigenvalue weighted by Crippen LogP contribution is -2.22. The number of benzene rings is 1. The summed E-state index contributed by atoms with van der Waals surface area (Å²) >= 11 is 0. The molecule has 0 saturated heterocycles. The molecule has 4 heteroatoms. The number of aliphatic hydroxyl groups excluding tert-OH is 1. The van der Waals surface area contributed by atoms with Gasteiger partial charge in [0.05, 0.1) is 12.1 Å². The summed E-state index contributed by atoms with van der Waals surface area (Å²) in [5, 5.41) is 12.9. The van der Waals surface area contributed by atoms with E-state index < -0.39 is 6.10 Å².